The van der Waals surface area contributed by atoms with Gasteiger partial charge in [0.2, 0.25) is 0 Å². The Morgan fingerprint density at radius 1 is 1.09 bits per heavy atom. The number of hydrogen-bond donors (Lipinski definition) is 1. The van der Waals surface area contributed by atoms with Gasteiger partial charge in [0.05, 0.1) is 10.9 Å². The predicted molar refractivity (Wildman–Crippen MR) is 92.1 cm³/mol. The molecule has 1 aromatic heterocycles. The number of para-hydroxylation sites is 1. The van der Waals surface area contributed by atoms with E-state index in [-0.39, 0.29) is 5.75 Å². The maximum absolute atomic E-state index is 12.1. The summed E-state index contributed by atoms with van der Waals surface area (Å²) in [6, 6.07) is 15.3. The van der Waals surface area contributed by atoms with Crippen LogP contribution < -0.4 is 5.63 Å². The number of aromatic hydroxyl groups is 1. The van der Waals surface area contributed by atoms with Gasteiger partial charge in [0.25, 0.3) is 0 Å². The topological polar surface area (TPSA) is 50.4 Å². The van der Waals surface area contributed by atoms with Crippen LogP contribution in [-0.4, -0.2) is 5.11 Å². The first kappa shape index (κ1) is 15.3. The second-order valence-corrected chi connectivity index (χ2v) is 6.01. The van der Waals surface area contributed by atoms with Crippen molar-refractivity contribution in [2.75, 3.05) is 0 Å². The van der Waals surface area contributed by atoms with Gasteiger partial charge in [-0.05, 0) is 48.9 Å². The standard InChI is InChI=1S/C20H20O3/c1-13-7-3-4-8-15(13)14(2)11-12-17-19(21)16-9-5-6-10-18(16)23-20(17)22/h3-10,14,21H,11-12H2,1-2H3. The van der Waals surface area contributed by atoms with E-state index in [1.807, 2.05) is 18.2 Å². The van der Waals surface area contributed by atoms with Crippen LogP contribution in [0.15, 0.2) is 57.7 Å². The highest BCUT2D eigenvalue weighted by atomic mass is 16.4. The quantitative estimate of drug-likeness (QED) is 0.720. The van der Waals surface area contributed by atoms with Crippen LogP contribution in [0.4, 0.5) is 0 Å². The number of aryl methyl sites for hydroxylation is 1. The Balaban J connectivity index is 1.88. The van der Waals surface area contributed by atoms with Crippen molar-refractivity contribution in [1.29, 1.82) is 0 Å². The van der Waals surface area contributed by atoms with Crippen LogP contribution in [-0.2, 0) is 6.42 Å². The van der Waals surface area contributed by atoms with Gasteiger partial charge >= 0.3 is 5.63 Å². The third kappa shape index (κ3) is 3.00. The minimum atomic E-state index is -0.446. The fourth-order valence-corrected chi connectivity index (χ4v) is 3.05. The van der Waals surface area contributed by atoms with Gasteiger partial charge in [-0.1, -0.05) is 43.3 Å². The molecular weight excluding hydrogens is 288 g/mol. The molecule has 3 aromatic rings. The molecule has 0 aliphatic carbocycles. The summed E-state index contributed by atoms with van der Waals surface area (Å²) < 4.78 is 5.32. The Hall–Kier alpha value is -2.55. The Bertz CT molecular complexity index is 893. The Labute approximate surface area is 135 Å². The minimum absolute atomic E-state index is 0.0498. The number of hydrogen-bond acceptors (Lipinski definition) is 3. The van der Waals surface area contributed by atoms with Gasteiger partial charge in [0.15, 0.2) is 0 Å². The highest BCUT2D eigenvalue weighted by molar-refractivity contribution is 5.83. The zero-order chi connectivity index (χ0) is 16.4. The second-order valence-electron chi connectivity index (χ2n) is 6.01. The molecule has 0 spiro atoms. The van der Waals surface area contributed by atoms with E-state index in [1.165, 1.54) is 11.1 Å². The maximum Gasteiger partial charge on any atom is 0.343 e. The molecule has 0 bridgehead atoms. The SMILES string of the molecule is Cc1ccccc1C(C)CCc1c(O)c2ccccc2oc1=O. The summed E-state index contributed by atoms with van der Waals surface area (Å²) in [5, 5.41) is 11.0. The van der Waals surface area contributed by atoms with Crippen LogP contribution in [0.3, 0.4) is 0 Å². The lowest BCUT2D eigenvalue weighted by atomic mass is 9.91. The third-order valence-electron chi connectivity index (χ3n) is 4.42. The number of rotatable bonds is 4. The fourth-order valence-electron chi connectivity index (χ4n) is 3.05. The Morgan fingerprint density at radius 3 is 2.57 bits per heavy atom. The molecule has 1 heterocycles. The summed E-state index contributed by atoms with van der Waals surface area (Å²) in [5.74, 6) is 0.357. The van der Waals surface area contributed by atoms with Crippen molar-refractivity contribution in [2.24, 2.45) is 0 Å². The van der Waals surface area contributed by atoms with Crippen LogP contribution in [0.5, 0.6) is 5.75 Å². The van der Waals surface area contributed by atoms with Crippen LogP contribution in [0, 0.1) is 6.92 Å². The first-order valence-corrected chi connectivity index (χ1v) is 7.87. The lowest BCUT2D eigenvalue weighted by Gasteiger charge is -2.14. The molecule has 1 unspecified atom stereocenters. The van der Waals surface area contributed by atoms with Crippen molar-refractivity contribution in [2.45, 2.75) is 32.6 Å². The summed E-state index contributed by atoms with van der Waals surface area (Å²) in [5.41, 5.74) is 2.86. The molecular formula is C20H20O3. The van der Waals surface area contributed by atoms with E-state index >= 15 is 0 Å². The van der Waals surface area contributed by atoms with E-state index in [0.717, 1.165) is 6.42 Å². The summed E-state index contributed by atoms with van der Waals surface area (Å²) in [7, 11) is 0. The van der Waals surface area contributed by atoms with Gasteiger partial charge in [0, 0.05) is 0 Å². The monoisotopic (exact) mass is 308 g/mol. The maximum atomic E-state index is 12.1. The van der Waals surface area contributed by atoms with Crippen molar-refractivity contribution >= 4 is 11.0 Å². The molecule has 2 aromatic carbocycles. The third-order valence-corrected chi connectivity index (χ3v) is 4.42. The molecule has 3 nitrogen and oxygen atoms in total. The zero-order valence-electron chi connectivity index (χ0n) is 13.4. The van der Waals surface area contributed by atoms with Gasteiger partial charge in [-0.3, -0.25) is 0 Å². The molecule has 0 amide bonds. The molecule has 118 valence electrons. The van der Waals surface area contributed by atoms with E-state index in [4.69, 9.17) is 4.42 Å². The van der Waals surface area contributed by atoms with E-state index < -0.39 is 5.63 Å². The molecule has 1 atom stereocenters. The van der Waals surface area contributed by atoms with E-state index in [2.05, 4.69) is 26.0 Å². The highest BCUT2D eigenvalue weighted by Crippen LogP contribution is 2.29. The second kappa shape index (κ2) is 6.29. The molecule has 0 radical (unpaired) electrons. The van der Waals surface area contributed by atoms with E-state index in [1.54, 1.807) is 18.2 Å². The molecule has 0 fully saturated rings. The Morgan fingerprint density at radius 2 is 1.78 bits per heavy atom. The summed E-state index contributed by atoms with van der Waals surface area (Å²) in [4.78, 5) is 12.1. The average molecular weight is 308 g/mol. The molecule has 1 N–H and O–H groups in total. The molecule has 0 saturated carbocycles. The van der Waals surface area contributed by atoms with Crippen molar-refractivity contribution in [3.05, 3.63) is 75.6 Å². The van der Waals surface area contributed by atoms with Gasteiger partial charge in [0.1, 0.15) is 11.3 Å². The lowest BCUT2D eigenvalue weighted by molar-refractivity contribution is 0.453. The molecule has 3 heteroatoms. The largest absolute Gasteiger partial charge is 0.507 e. The predicted octanol–water partition coefficient (Wildman–Crippen LogP) is 4.54. The van der Waals surface area contributed by atoms with Crippen molar-refractivity contribution in [3.8, 4) is 5.75 Å². The fraction of sp³-hybridized carbons (Fsp3) is 0.250. The molecule has 0 aliphatic heterocycles. The Kier molecular flexibility index (Phi) is 4.20. The molecule has 0 saturated heterocycles. The molecule has 0 aliphatic rings. The summed E-state index contributed by atoms with van der Waals surface area (Å²) in [6.07, 6.45) is 1.27. The van der Waals surface area contributed by atoms with Gasteiger partial charge in [-0.2, -0.15) is 0 Å². The smallest absolute Gasteiger partial charge is 0.343 e. The van der Waals surface area contributed by atoms with E-state index in [0.29, 0.717) is 28.9 Å². The van der Waals surface area contributed by atoms with Crippen LogP contribution >= 0.6 is 0 Å². The van der Waals surface area contributed by atoms with Gasteiger partial charge < -0.3 is 9.52 Å². The van der Waals surface area contributed by atoms with Crippen molar-refractivity contribution in [3.63, 3.8) is 0 Å². The van der Waals surface area contributed by atoms with Gasteiger partial charge in [-0.15, -0.1) is 0 Å². The molecule has 23 heavy (non-hydrogen) atoms. The van der Waals surface area contributed by atoms with Crippen molar-refractivity contribution < 1.29 is 9.52 Å². The number of fused-ring (bicyclic) bond motifs is 1. The summed E-state index contributed by atoms with van der Waals surface area (Å²) >= 11 is 0. The van der Waals surface area contributed by atoms with E-state index in [9.17, 15) is 9.90 Å². The number of benzene rings is 2. The average Bonchev–Trinajstić information content (AvgIpc) is 2.55. The highest BCUT2D eigenvalue weighted by Gasteiger charge is 2.16. The normalized spacial score (nSPS) is 12.4. The zero-order valence-corrected chi connectivity index (χ0v) is 13.4. The first-order chi connectivity index (χ1) is 11.1. The lowest BCUT2D eigenvalue weighted by Crippen LogP contribution is -2.09. The minimum Gasteiger partial charge on any atom is -0.507 e. The van der Waals surface area contributed by atoms with Crippen LogP contribution in [0.2, 0.25) is 0 Å². The summed E-state index contributed by atoms with van der Waals surface area (Å²) in [6.45, 7) is 4.23. The van der Waals surface area contributed by atoms with Gasteiger partial charge in [-0.25, -0.2) is 4.79 Å². The first-order valence-electron chi connectivity index (χ1n) is 7.87. The van der Waals surface area contributed by atoms with Crippen LogP contribution in [0.1, 0.15) is 36.0 Å². The van der Waals surface area contributed by atoms with Crippen LogP contribution in [0.25, 0.3) is 11.0 Å². The molecule has 3 rings (SSSR count). The van der Waals surface area contributed by atoms with Crippen molar-refractivity contribution in [1.82, 2.24) is 0 Å².